The molecule has 7 heteroatoms. The standard InChI is InChI=1S/C34H37F2N3O2/c1-5-10-22(6-2)28(37)19-30(40)26-14-13-25(17-21(26)3)39-29-12-9-7-8-11-23-18-24(20-38-34(23)29)27-15-16-31(41-4)33(36)32(27)35/h7-8,11-17,20,22,37,39H,5-6,9-10,18-19H2,1-4H3/b8-7-,23-11-,29-12-,37-28?. The average Bonchev–Trinajstić information content (AvgIpc) is 2.95. The van der Waals surface area contributed by atoms with Crippen LogP contribution in [0.25, 0.3) is 5.57 Å². The van der Waals surface area contributed by atoms with Gasteiger partial charge < -0.3 is 15.5 Å². The van der Waals surface area contributed by atoms with E-state index in [0.717, 1.165) is 47.5 Å². The molecule has 1 atom stereocenters. The number of carbonyl (C=O) groups excluding carboxylic acids is 1. The number of hydrogen-bond acceptors (Lipinski definition) is 5. The highest BCUT2D eigenvalue weighted by molar-refractivity contribution is 6.16. The first-order valence-electron chi connectivity index (χ1n) is 14.1. The van der Waals surface area contributed by atoms with Crippen LogP contribution in [0.2, 0.25) is 0 Å². The van der Waals surface area contributed by atoms with Gasteiger partial charge in [-0.05, 0) is 79.1 Å². The van der Waals surface area contributed by atoms with Crippen molar-refractivity contribution in [2.24, 2.45) is 10.9 Å². The van der Waals surface area contributed by atoms with E-state index >= 15 is 0 Å². The van der Waals surface area contributed by atoms with Crippen LogP contribution in [0.5, 0.6) is 5.75 Å². The lowest BCUT2D eigenvalue weighted by Crippen LogP contribution is -2.18. The number of Topliss-reactive ketones (excluding diaryl/α,β-unsaturated/α-hetero) is 1. The number of methoxy groups -OCH3 is 1. The van der Waals surface area contributed by atoms with Crippen molar-refractivity contribution in [1.82, 2.24) is 0 Å². The number of hydrogen-bond donors (Lipinski definition) is 2. The van der Waals surface area contributed by atoms with Gasteiger partial charge in [-0.2, -0.15) is 4.39 Å². The minimum absolute atomic E-state index is 0.0364. The SMILES string of the molecule is CCCC(CC)C(=N)CC(=O)c1ccc(N/C2=C\C/C=C\C=C3\CC(c4ccc(OC)c(F)c4F)=CN=C32)cc1C. The fourth-order valence-electron chi connectivity index (χ4n) is 5.29. The van der Waals surface area contributed by atoms with E-state index in [4.69, 9.17) is 10.1 Å². The number of anilines is 1. The Bertz CT molecular complexity index is 1500. The highest BCUT2D eigenvalue weighted by Crippen LogP contribution is 2.34. The summed E-state index contributed by atoms with van der Waals surface area (Å²) in [5, 5.41) is 11.9. The van der Waals surface area contributed by atoms with Gasteiger partial charge in [0.05, 0.1) is 18.5 Å². The number of benzene rings is 2. The van der Waals surface area contributed by atoms with Crippen molar-refractivity contribution in [2.45, 2.75) is 59.3 Å². The number of carbonyl (C=O) groups is 1. The van der Waals surface area contributed by atoms with E-state index in [2.05, 4.69) is 24.2 Å². The topological polar surface area (TPSA) is 74.5 Å². The summed E-state index contributed by atoms with van der Waals surface area (Å²) in [6.45, 7) is 6.07. The summed E-state index contributed by atoms with van der Waals surface area (Å²) in [5.41, 5.74) is 5.88. The number of rotatable bonds is 11. The van der Waals surface area contributed by atoms with Crippen LogP contribution < -0.4 is 10.1 Å². The number of aliphatic imine (C=N–C) groups is 1. The number of fused-ring (bicyclic) bond motifs is 1. The number of ether oxygens (including phenoxy) is 1. The molecular formula is C34H37F2N3O2. The van der Waals surface area contributed by atoms with Gasteiger partial charge in [0.2, 0.25) is 5.82 Å². The Morgan fingerprint density at radius 3 is 2.66 bits per heavy atom. The van der Waals surface area contributed by atoms with Crippen LogP contribution in [0.4, 0.5) is 14.5 Å². The summed E-state index contributed by atoms with van der Waals surface area (Å²) in [4.78, 5) is 17.7. The predicted molar refractivity (Wildman–Crippen MR) is 163 cm³/mol. The van der Waals surface area contributed by atoms with Gasteiger partial charge in [0.1, 0.15) is 0 Å². The first-order valence-corrected chi connectivity index (χ1v) is 14.1. The largest absolute Gasteiger partial charge is 0.494 e. The van der Waals surface area contributed by atoms with Gasteiger partial charge in [0.15, 0.2) is 17.3 Å². The number of halogens is 2. The summed E-state index contributed by atoms with van der Waals surface area (Å²) in [5.74, 6) is -2.00. The Balaban J connectivity index is 1.56. The molecule has 1 aliphatic heterocycles. The monoisotopic (exact) mass is 557 g/mol. The first kappa shape index (κ1) is 29.8. The van der Waals surface area contributed by atoms with Crippen LogP contribution in [0.1, 0.15) is 73.9 Å². The van der Waals surface area contributed by atoms with E-state index in [0.29, 0.717) is 29.7 Å². The first-order chi connectivity index (χ1) is 19.8. The molecule has 0 fully saturated rings. The third kappa shape index (κ3) is 6.79. The summed E-state index contributed by atoms with van der Waals surface area (Å²) in [6, 6.07) is 8.54. The Kier molecular flexibility index (Phi) is 9.82. The summed E-state index contributed by atoms with van der Waals surface area (Å²) in [7, 11) is 1.30. The highest BCUT2D eigenvalue weighted by Gasteiger charge is 2.24. The zero-order chi connectivity index (χ0) is 29.5. The van der Waals surface area contributed by atoms with Crippen LogP contribution >= 0.6 is 0 Å². The quantitative estimate of drug-likeness (QED) is 0.214. The van der Waals surface area contributed by atoms with Crippen molar-refractivity contribution in [3.63, 3.8) is 0 Å². The van der Waals surface area contributed by atoms with Crippen LogP contribution in [-0.2, 0) is 0 Å². The maximum absolute atomic E-state index is 14.8. The van der Waals surface area contributed by atoms with Gasteiger partial charge >= 0.3 is 0 Å². The smallest absolute Gasteiger partial charge is 0.201 e. The van der Waals surface area contributed by atoms with Crippen LogP contribution in [-0.4, -0.2) is 24.3 Å². The summed E-state index contributed by atoms with van der Waals surface area (Å²) >= 11 is 0. The van der Waals surface area contributed by atoms with Gasteiger partial charge in [-0.3, -0.25) is 9.79 Å². The summed E-state index contributed by atoms with van der Waals surface area (Å²) < 4.78 is 34.1. The maximum Gasteiger partial charge on any atom is 0.201 e. The number of allylic oxidation sites excluding steroid dienone is 6. The second kappa shape index (κ2) is 13.5. The number of nitrogens with one attached hydrogen (secondary N) is 2. The minimum atomic E-state index is -1.02. The van der Waals surface area contributed by atoms with Crippen LogP contribution in [0.15, 0.2) is 77.1 Å². The molecule has 2 aromatic rings. The third-order valence-corrected chi connectivity index (χ3v) is 7.57. The number of aryl methyl sites for hydroxylation is 1. The van der Waals surface area contributed by atoms with Crippen molar-refractivity contribution in [3.05, 3.63) is 100 Å². The van der Waals surface area contributed by atoms with Crippen LogP contribution in [0, 0.1) is 29.9 Å². The van der Waals surface area contributed by atoms with E-state index in [1.165, 1.54) is 19.2 Å². The molecule has 1 unspecified atom stereocenters. The molecule has 0 radical (unpaired) electrons. The molecule has 0 bridgehead atoms. The molecule has 0 aromatic heterocycles. The molecule has 2 aliphatic rings. The predicted octanol–water partition coefficient (Wildman–Crippen LogP) is 8.77. The molecule has 4 rings (SSSR count). The van der Waals surface area contributed by atoms with Gasteiger partial charge in [-0.1, -0.05) is 44.6 Å². The zero-order valence-electron chi connectivity index (χ0n) is 24.1. The van der Waals surface area contributed by atoms with Crippen molar-refractivity contribution < 1.29 is 18.3 Å². The molecule has 5 nitrogen and oxygen atoms in total. The molecule has 41 heavy (non-hydrogen) atoms. The van der Waals surface area contributed by atoms with Gasteiger partial charge in [-0.15, -0.1) is 0 Å². The molecule has 0 spiro atoms. The van der Waals surface area contributed by atoms with Crippen molar-refractivity contribution >= 4 is 28.5 Å². The lowest BCUT2D eigenvalue weighted by molar-refractivity contribution is 0.0998. The Morgan fingerprint density at radius 2 is 1.95 bits per heavy atom. The molecule has 0 saturated heterocycles. The van der Waals surface area contributed by atoms with Gasteiger partial charge in [0.25, 0.3) is 0 Å². The number of ketones is 1. The second-order valence-electron chi connectivity index (χ2n) is 10.4. The molecule has 1 aliphatic carbocycles. The third-order valence-electron chi connectivity index (χ3n) is 7.57. The number of nitrogens with zero attached hydrogens (tertiary/aromatic N) is 1. The van der Waals surface area contributed by atoms with Crippen LogP contribution in [0.3, 0.4) is 0 Å². The van der Waals surface area contributed by atoms with E-state index in [-0.39, 0.29) is 29.4 Å². The molecule has 214 valence electrons. The van der Waals surface area contributed by atoms with Crippen molar-refractivity contribution in [3.8, 4) is 5.75 Å². The maximum atomic E-state index is 14.8. The lowest BCUT2D eigenvalue weighted by Gasteiger charge is -2.22. The normalized spacial score (nSPS) is 18.7. The van der Waals surface area contributed by atoms with E-state index in [1.807, 2.05) is 49.4 Å². The van der Waals surface area contributed by atoms with E-state index in [1.54, 1.807) is 6.20 Å². The highest BCUT2D eigenvalue weighted by atomic mass is 19.2. The summed E-state index contributed by atoms with van der Waals surface area (Å²) in [6.07, 6.45) is 13.5. The fraction of sp³-hybridized carbons (Fsp3) is 0.324. The molecule has 2 aromatic carbocycles. The lowest BCUT2D eigenvalue weighted by atomic mass is 9.90. The Morgan fingerprint density at radius 1 is 1.15 bits per heavy atom. The Hall–Kier alpha value is -4.13. The molecule has 1 heterocycles. The van der Waals surface area contributed by atoms with E-state index in [9.17, 15) is 13.6 Å². The molecular weight excluding hydrogens is 520 g/mol. The second-order valence-corrected chi connectivity index (χ2v) is 10.4. The van der Waals surface area contributed by atoms with Gasteiger partial charge in [-0.25, -0.2) is 4.39 Å². The van der Waals surface area contributed by atoms with Gasteiger partial charge in [0, 0.05) is 41.6 Å². The molecule has 2 N–H and O–H groups in total. The van der Waals surface area contributed by atoms with E-state index < -0.39 is 11.6 Å². The van der Waals surface area contributed by atoms with Crippen molar-refractivity contribution in [2.75, 3.05) is 12.4 Å². The fourth-order valence-corrected chi connectivity index (χ4v) is 5.29. The average molecular weight is 558 g/mol. The zero-order valence-corrected chi connectivity index (χ0v) is 24.1. The van der Waals surface area contributed by atoms with Crippen molar-refractivity contribution in [1.29, 1.82) is 5.41 Å². The Labute approximate surface area is 240 Å². The molecule has 0 amide bonds. The molecule has 0 saturated carbocycles. The minimum Gasteiger partial charge on any atom is -0.494 e.